The van der Waals surface area contributed by atoms with Crippen molar-refractivity contribution in [2.24, 2.45) is 0 Å². The molecule has 6 heteroatoms. The van der Waals surface area contributed by atoms with E-state index in [1.807, 2.05) is 0 Å². The number of aliphatic hydroxyl groups is 1. The van der Waals surface area contributed by atoms with Gasteiger partial charge in [-0.1, -0.05) is 0 Å². The number of halogens is 3. The second kappa shape index (κ2) is 3.51. The molecule has 1 unspecified atom stereocenters. The molecule has 1 N–H and O–H groups in total. The summed E-state index contributed by atoms with van der Waals surface area (Å²) in [5.41, 5.74) is -2.29. The first-order chi connectivity index (χ1) is 5.94. The van der Waals surface area contributed by atoms with Crippen LogP contribution < -0.4 is 0 Å². The SMILES string of the molecule is CC(O)(c1cnc(Cl)nc1)C(F)F. The molecular weight excluding hydrogens is 202 g/mol. The van der Waals surface area contributed by atoms with Crippen molar-refractivity contribution in [2.75, 3.05) is 0 Å². The van der Waals surface area contributed by atoms with Crippen molar-refractivity contribution in [1.82, 2.24) is 9.97 Å². The summed E-state index contributed by atoms with van der Waals surface area (Å²) in [4.78, 5) is 6.98. The summed E-state index contributed by atoms with van der Waals surface area (Å²) < 4.78 is 24.5. The molecule has 0 saturated heterocycles. The predicted octanol–water partition coefficient (Wildman–Crippen LogP) is 1.60. The van der Waals surface area contributed by atoms with Crippen molar-refractivity contribution in [1.29, 1.82) is 0 Å². The van der Waals surface area contributed by atoms with Gasteiger partial charge in [0.1, 0.15) is 0 Å². The Morgan fingerprint density at radius 3 is 2.31 bits per heavy atom. The molecule has 0 radical (unpaired) electrons. The van der Waals surface area contributed by atoms with Crippen LogP contribution in [0.4, 0.5) is 8.78 Å². The smallest absolute Gasteiger partial charge is 0.270 e. The zero-order valence-electron chi connectivity index (χ0n) is 6.71. The van der Waals surface area contributed by atoms with E-state index in [1.165, 1.54) is 0 Å². The highest BCUT2D eigenvalue weighted by Gasteiger charge is 2.34. The first-order valence-corrected chi connectivity index (χ1v) is 3.81. The Kier molecular flexibility index (Phi) is 2.77. The molecule has 0 aliphatic rings. The first kappa shape index (κ1) is 10.3. The van der Waals surface area contributed by atoms with Crippen LogP contribution in [0.5, 0.6) is 0 Å². The molecule has 72 valence electrons. The Hall–Kier alpha value is -0.810. The fourth-order valence-corrected chi connectivity index (χ4v) is 0.797. The van der Waals surface area contributed by atoms with Crippen molar-refractivity contribution in [3.05, 3.63) is 23.2 Å². The van der Waals surface area contributed by atoms with Crippen LogP contribution in [0.1, 0.15) is 12.5 Å². The van der Waals surface area contributed by atoms with Crippen molar-refractivity contribution < 1.29 is 13.9 Å². The molecule has 1 heterocycles. The molecule has 3 nitrogen and oxygen atoms in total. The highest BCUT2D eigenvalue weighted by molar-refractivity contribution is 6.28. The maximum absolute atomic E-state index is 12.3. The van der Waals surface area contributed by atoms with Crippen molar-refractivity contribution in [3.63, 3.8) is 0 Å². The van der Waals surface area contributed by atoms with E-state index < -0.39 is 12.0 Å². The Morgan fingerprint density at radius 2 is 1.92 bits per heavy atom. The molecule has 0 aliphatic heterocycles. The quantitative estimate of drug-likeness (QED) is 0.751. The number of alkyl halides is 2. The van der Waals surface area contributed by atoms with E-state index >= 15 is 0 Å². The number of hydrogen-bond donors (Lipinski definition) is 1. The second-order valence-electron chi connectivity index (χ2n) is 2.69. The van der Waals surface area contributed by atoms with E-state index in [2.05, 4.69) is 9.97 Å². The molecule has 0 fully saturated rings. The van der Waals surface area contributed by atoms with Crippen LogP contribution in [0.15, 0.2) is 12.4 Å². The van der Waals surface area contributed by atoms with Gasteiger partial charge in [-0.25, -0.2) is 18.7 Å². The van der Waals surface area contributed by atoms with E-state index in [1.54, 1.807) is 0 Å². The maximum Gasteiger partial charge on any atom is 0.270 e. The second-order valence-corrected chi connectivity index (χ2v) is 3.03. The average Bonchev–Trinajstić information content (AvgIpc) is 2.04. The van der Waals surface area contributed by atoms with Crippen LogP contribution in [-0.4, -0.2) is 21.5 Å². The van der Waals surface area contributed by atoms with Crippen LogP contribution in [0.25, 0.3) is 0 Å². The topological polar surface area (TPSA) is 46.0 Å². The highest BCUT2D eigenvalue weighted by atomic mass is 35.5. The third-order valence-electron chi connectivity index (χ3n) is 1.63. The fourth-order valence-electron chi connectivity index (χ4n) is 0.700. The van der Waals surface area contributed by atoms with Crippen molar-refractivity contribution in [3.8, 4) is 0 Å². The van der Waals surface area contributed by atoms with E-state index in [-0.39, 0.29) is 10.8 Å². The van der Waals surface area contributed by atoms with Crippen LogP contribution in [0.3, 0.4) is 0 Å². The van der Waals surface area contributed by atoms with Gasteiger partial charge in [0, 0.05) is 18.0 Å². The zero-order valence-corrected chi connectivity index (χ0v) is 7.46. The summed E-state index contributed by atoms with van der Waals surface area (Å²) in [7, 11) is 0. The lowest BCUT2D eigenvalue weighted by molar-refractivity contribution is -0.0887. The Morgan fingerprint density at radius 1 is 1.46 bits per heavy atom. The molecule has 1 rings (SSSR count). The monoisotopic (exact) mass is 208 g/mol. The molecule has 1 aromatic rings. The standard InChI is InChI=1S/C7H7ClF2N2O/c1-7(13,5(9)10)4-2-11-6(8)12-3-4/h2-3,5,13H,1H3. The maximum atomic E-state index is 12.3. The van der Waals surface area contributed by atoms with Crippen molar-refractivity contribution in [2.45, 2.75) is 19.0 Å². The summed E-state index contributed by atoms with van der Waals surface area (Å²) in [6, 6.07) is 0. The minimum atomic E-state index is -2.89. The van der Waals surface area contributed by atoms with Gasteiger partial charge in [-0.2, -0.15) is 0 Å². The van der Waals surface area contributed by atoms with Gasteiger partial charge in [-0.15, -0.1) is 0 Å². The molecule has 0 spiro atoms. The van der Waals surface area contributed by atoms with Gasteiger partial charge in [0.05, 0.1) is 0 Å². The predicted molar refractivity (Wildman–Crippen MR) is 42.6 cm³/mol. The summed E-state index contributed by atoms with van der Waals surface area (Å²) >= 11 is 5.35. The van der Waals surface area contributed by atoms with Gasteiger partial charge >= 0.3 is 0 Å². The molecule has 13 heavy (non-hydrogen) atoms. The lowest BCUT2D eigenvalue weighted by Crippen LogP contribution is -2.30. The Bertz CT molecular complexity index is 289. The molecule has 0 saturated carbocycles. The minimum Gasteiger partial charge on any atom is -0.379 e. The van der Waals surface area contributed by atoms with Gasteiger partial charge in [-0.05, 0) is 18.5 Å². The van der Waals surface area contributed by atoms with Crippen LogP contribution in [-0.2, 0) is 5.60 Å². The molecule has 0 aliphatic carbocycles. The number of hydrogen-bond acceptors (Lipinski definition) is 3. The third kappa shape index (κ3) is 2.10. The van der Waals surface area contributed by atoms with Gasteiger partial charge in [0.25, 0.3) is 6.43 Å². The summed E-state index contributed by atoms with van der Waals surface area (Å²) in [5, 5.41) is 9.23. The lowest BCUT2D eigenvalue weighted by atomic mass is 10.0. The van der Waals surface area contributed by atoms with Crippen LogP contribution in [0.2, 0.25) is 5.28 Å². The molecule has 0 bridgehead atoms. The molecule has 1 aromatic heterocycles. The Labute approximate surface area is 78.4 Å². The Balaban J connectivity index is 3.01. The number of nitrogens with zero attached hydrogens (tertiary/aromatic N) is 2. The number of rotatable bonds is 2. The van der Waals surface area contributed by atoms with E-state index in [0.29, 0.717) is 0 Å². The normalized spacial score (nSPS) is 15.8. The highest BCUT2D eigenvalue weighted by Crippen LogP contribution is 2.26. The van der Waals surface area contributed by atoms with Gasteiger partial charge in [0.2, 0.25) is 5.28 Å². The first-order valence-electron chi connectivity index (χ1n) is 3.43. The molecule has 1 atom stereocenters. The summed E-state index contributed by atoms with van der Waals surface area (Å²) in [6.45, 7) is 0.990. The average molecular weight is 209 g/mol. The molecular formula is C7H7ClF2N2O. The van der Waals surface area contributed by atoms with Crippen LogP contribution in [0, 0.1) is 0 Å². The van der Waals surface area contributed by atoms with E-state index in [4.69, 9.17) is 11.6 Å². The number of aromatic nitrogens is 2. The van der Waals surface area contributed by atoms with Gasteiger partial charge < -0.3 is 5.11 Å². The fraction of sp³-hybridized carbons (Fsp3) is 0.429. The zero-order chi connectivity index (χ0) is 10.1. The van der Waals surface area contributed by atoms with E-state index in [9.17, 15) is 13.9 Å². The molecule has 0 amide bonds. The summed E-state index contributed by atoms with van der Waals surface area (Å²) in [5.74, 6) is 0. The van der Waals surface area contributed by atoms with E-state index in [0.717, 1.165) is 19.3 Å². The van der Waals surface area contributed by atoms with Crippen LogP contribution >= 0.6 is 11.6 Å². The van der Waals surface area contributed by atoms with Gasteiger partial charge in [-0.3, -0.25) is 0 Å². The minimum absolute atomic E-state index is 0.0474. The van der Waals surface area contributed by atoms with Crippen molar-refractivity contribution >= 4 is 11.6 Å². The van der Waals surface area contributed by atoms with Gasteiger partial charge in [0.15, 0.2) is 5.60 Å². The molecule has 0 aromatic carbocycles. The third-order valence-corrected chi connectivity index (χ3v) is 1.82. The lowest BCUT2D eigenvalue weighted by Gasteiger charge is -2.21. The summed E-state index contributed by atoms with van der Waals surface area (Å²) in [6.07, 6.45) is -0.750. The largest absolute Gasteiger partial charge is 0.379 e.